The third kappa shape index (κ3) is 12.9. The minimum Gasteiger partial charge on any atom is -0.376 e. The molecule has 0 aromatic carbocycles. The molecule has 0 aliphatic rings. The van der Waals surface area contributed by atoms with Crippen LogP contribution in [-0.4, -0.2) is 71.9 Å². The number of aromatic nitrogens is 5. The zero-order valence-corrected chi connectivity index (χ0v) is 24.6. The van der Waals surface area contributed by atoms with Crippen LogP contribution in [0.2, 0.25) is 0 Å². The number of anilines is 2. The van der Waals surface area contributed by atoms with E-state index in [4.69, 9.17) is 0 Å². The van der Waals surface area contributed by atoms with Crippen molar-refractivity contribution in [3.05, 3.63) is 24.0 Å². The molecule has 11 nitrogen and oxygen atoms in total. The van der Waals surface area contributed by atoms with E-state index in [9.17, 15) is 20.4 Å². The van der Waals surface area contributed by atoms with Crippen LogP contribution in [0.3, 0.4) is 0 Å². The van der Waals surface area contributed by atoms with Crippen LogP contribution in [0.4, 0.5) is 11.9 Å². The van der Waals surface area contributed by atoms with Gasteiger partial charge in [-0.05, 0) is 6.42 Å². The maximum absolute atomic E-state index is 9.50. The number of hydrogen-bond donors (Lipinski definition) is 4. The van der Waals surface area contributed by atoms with Crippen molar-refractivity contribution in [1.29, 1.82) is 0 Å². The summed E-state index contributed by atoms with van der Waals surface area (Å²) in [6, 6.07) is 0. The fourth-order valence-corrected chi connectivity index (χ4v) is 4.78. The Morgan fingerprint density at radius 3 is 1.50 bits per heavy atom. The summed E-state index contributed by atoms with van der Waals surface area (Å²) in [5, 5.41) is 38.0. The van der Waals surface area contributed by atoms with Crippen LogP contribution in [0.25, 0.3) is 0 Å². The Hall–Kier alpha value is -2.34. The molecule has 0 unspecified atom stereocenters. The second-order valence-electron chi connectivity index (χ2n) is 10.5. The fourth-order valence-electron chi connectivity index (χ4n) is 4.78. The van der Waals surface area contributed by atoms with E-state index in [0.717, 1.165) is 28.5 Å². The van der Waals surface area contributed by atoms with Crippen LogP contribution in [0, 0.1) is 0 Å². The van der Waals surface area contributed by atoms with Gasteiger partial charge in [0.15, 0.2) is 0 Å². The van der Waals surface area contributed by atoms with Gasteiger partial charge < -0.3 is 25.0 Å². The second kappa shape index (κ2) is 21.4. The Balaban J connectivity index is 1.68. The summed E-state index contributed by atoms with van der Waals surface area (Å²) in [4.78, 5) is 19.7. The van der Waals surface area contributed by atoms with E-state index in [-0.39, 0.29) is 11.9 Å². The molecule has 0 spiro atoms. The van der Waals surface area contributed by atoms with Crippen molar-refractivity contribution in [2.45, 2.75) is 123 Å². The van der Waals surface area contributed by atoms with Crippen LogP contribution in [0.1, 0.15) is 115 Å². The van der Waals surface area contributed by atoms with E-state index < -0.39 is 26.9 Å². The van der Waals surface area contributed by atoms with Crippen LogP contribution < -0.4 is 9.80 Å². The summed E-state index contributed by atoms with van der Waals surface area (Å²) in [5.74, 6) is 1.59. The summed E-state index contributed by atoms with van der Waals surface area (Å²) < 4.78 is 2.10. The second-order valence-corrected chi connectivity index (χ2v) is 10.5. The number of aliphatic hydroxyl groups excluding tert-OH is 4. The quantitative estimate of drug-likeness (QED) is 0.103. The van der Waals surface area contributed by atoms with Crippen LogP contribution in [0.5, 0.6) is 0 Å². The summed E-state index contributed by atoms with van der Waals surface area (Å²) in [6.07, 6.45) is 25.3. The average molecular weight is 564 g/mol. The van der Waals surface area contributed by atoms with Crippen molar-refractivity contribution in [3.8, 4) is 0 Å². The van der Waals surface area contributed by atoms with Gasteiger partial charge in [-0.1, -0.05) is 96.8 Å². The highest BCUT2D eigenvalue weighted by atomic mass is 16.3. The number of aryl methyl sites for hydroxylation is 3. The lowest BCUT2D eigenvalue weighted by Gasteiger charge is -2.21. The van der Waals surface area contributed by atoms with Crippen LogP contribution in [-0.2, 0) is 19.4 Å². The number of unbranched alkanes of at least 4 members (excludes halogenated alkanes) is 14. The smallest absolute Gasteiger partial charge is 0.234 e. The largest absolute Gasteiger partial charge is 0.376 e. The zero-order valence-electron chi connectivity index (χ0n) is 24.6. The Bertz CT molecular complexity index is 861. The minimum atomic E-state index is -0.484. The first kappa shape index (κ1) is 33.9. The lowest BCUT2D eigenvalue weighted by molar-refractivity contribution is 0.217. The van der Waals surface area contributed by atoms with E-state index in [0.29, 0.717) is 18.8 Å². The molecule has 0 radical (unpaired) electrons. The minimum absolute atomic E-state index is 0.0700. The Kier molecular flexibility index (Phi) is 18.1. The molecular formula is C29H53N7O4. The molecular weight excluding hydrogens is 510 g/mol. The number of nitrogens with zero attached hydrogens (tertiary/aromatic N) is 7. The topological polar surface area (TPSA) is 144 Å². The standard InChI is InChI=1S/C29H53N7O4/c1-2-3-4-5-6-7-8-9-10-11-12-13-14-15-16-17-27-30-19-21-34(27)20-18-26-31-28(35(22-37)23-38)33-29(32-26)36(24-39)25-40/h19,21,37-40H,2-18,20,22-25H2,1H3. The molecule has 2 aromatic rings. The average Bonchev–Trinajstić information content (AvgIpc) is 3.42. The van der Waals surface area contributed by atoms with E-state index in [2.05, 4.69) is 31.4 Å². The molecule has 2 aromatic heterocycles. The van der Waals surface area contributed by atoms with Gasteiger partial charge in [-0.25, -0.2) is 4.98 Å². The fraction of sp³-hybridized carbons (Fsp3) is 0.793. The van der Waals surface area contributed by atoms with Gasteiger partial charge in [-0.3, -0.25) is 9.80 Å². The van der Waals surface area contributed by atoms with Crippen molar-refractivity contribution in [2.24, 2.45) is 0 Å². The van der Waals surface area contributed by atoms with E-state index in [1.165, 1.54) is 89.9 Å². The van der Waals surface area contributed by atoms with E-state index in [1.807, 2.05) is 12.4 Å². The molecule has 0 bridgehead atoms. The van der Waals surface area contributed by atoms with Gasteiger partial charge in [0.05, 0.1) is 0 Å². The van der Waals surface area contributed by atoms with Gasteiger partial charge in [0, 0.05) is 31.8 Å². The molecule has 0 saturated carbocycles. The van der Waals surface area contributed by atoms with Crippen molar-refractivity contribution in [1.82, 2.24) is 24.5 Å². The molecule has 0 aliphatic carbocycles. The molecule has 0 atom stereocenters. The predicted octanol–water partition coefficient (Wildman–Crippen LogP) is 4.14. The van der Waals surface area contributed by atoms with Crippen molar-refractivity contribution >= 4 is 11.9 Å². The number of rotatable bonds is 25. The van der Waals surface area contributed by atoms with Crippen molar-refractivity contribution in [3.63, 3.8) is 0 Å². The van der Waals surface area contributed by atoms with Crippen LogP contribution >= 0.6 is 0 Å². The van der Waals surface area contributed by atoms with E-state index in [1.54, 1.807) is 0 Å². The van der Waals surface area contributed by atoms with Crippen molar-refractivity contribution < 1.29 is 20.4 Å². The Morgan fingerprint density at radius 2 is 1.05 bits per heavy atom. The Morgan fingerprint density at radius 1 is 0.600 bits per heavy atom. The molecule has 0 aliphatic heterocycles. The van der Waals surface area contributed by atoms with Gasteiger partial charge in [0.1, 0.15) is 38.6 Å². The first-order valence-corrected chi connectivity index (χ1v) is 15.3. The lowest BCUT2D eigenvalue weighted by atomic mass is 10.0. The molecule has 2 rings (SSSR count). The maximum atomic E-state index is 9.50. The van der Waals surface area contributed by atoms with Crippen LogP contribution in [0.15, 0.2) is 12.4 Å². The summed E-state index contributed by atoms with van der Waals surface area (Å²) in [5.41, 5.74) is 0. The van der Waals surface area contributed by atoms with Gasteiger partial charge in [0.25, 0.3) is 0 Å². The molecule has 2 heterocycles. The lowest BCUT2D eigenvalue weighted by Crippen LogP contribution is -2.31. The highest BCUT2D eigenvalue weighted by Crippen LogP contribution is 2.16. The molecule has 4 N–H and O–H groups in total. The normalized spacial score (nSPS) is 11.3. The van der Waals surface area contributed by atoms with Gasteiger partial charge in [-0.15, -0.1) is 0 Å². The monoisotopic (exact) mass is 563 g/mol. The predicted molar refractivity (Wildman–Crippen MR) is 158 cm³/mol. The summed E-state index contributed by atoms with van der Waals surface area (Å²) in [7, 11) is 0. The molecule has 0 amide bonds. The maximum Gasteiger partial charge on any atom is 0.234 e. The summed E-state index contributed by atoms with van der Waals surface area (Å²) in [6.45, 7) is 0.942. The van der Waals surface area contributed by atoms with Gasteiger partial charge >= 0.3 is 0 Å². The SMILES string of the molecule is CCCCCCCCCCCCCCCCCc1nccn1CCc1nc(N(CO)CO)nc(N(CO)CO)n1. The zero-order chi connectivity index (χ0) is 28.8. The molecule has 11 heteroatoms. The third-order valence-corrected chi connectivity index (χ3v) is 7.29. The molecule has 0 fully saturated rings. The highest BCUT2D eigenvalue weighted by molar-refractivity contribution is 5.38. The number of hydrogen-bond acceptors (Lipinski definition) is 10. The number of imidazole rings is 1. The van der Waals surface area contributed by atoms with Gasteiger partial charge in [0.2, 0.25) is 11.9 Å². The first-order chi connectivity index (χ1) is 19.7. The highest BCUT2D eigenvalue weighted by Gasteiger charge is 2.16. The summed E-state index contributed by atoms with van der Waals surface area (Å²) >= 11 is 0. The first-order valence-electron chi connectivity index (χ1n) is 15.3. The van der Waals surface area contributed by atoms with Crippen molar-refractivity contribution in [2.75, 3.05) is 36.7 Å². The van der Waals surface area contributed by atoms with E-state index >= 15 is 0 Å². The molecule has 0 saturated heterocycles. The van der Waals surface area contributed by atoms with Gasteiger partial charge in [-0.2, -0.15) is 15.0 Å². The third-order valence-electron chi connectivity index (χ3n) is 7.29. The molecule has 40 heavy (non-hydrogen) atoms. The molecule has 228 valence electrons. The number of aliphatic hydroxyl groups is 4. The Labute approximate surface area is 240 Å².